The molecule has 0 amide bonds. The van der Waals surface area contributed by atoms with Gasteiger partial charge in [-0.2, -0.15) is 0 Å². The molecule has 0 saturated carbocycles. The van der Waals surface area contributed by atoms with Crippen LogP contribution in [0, 0.1) is 0 Å². The number of aliphatic hydroxyl groups is 1. The zero-order valence-corrected chi connectivity index (χ0v) is 12.4. The van der Waals surface area contributed by atoms with Crippen molar-refractivity contribution in [2.75, 3.05) is 19.1 Å². The third kappa shape index (κ3) is 1.83. The Morgan fingerprint density at radius 1 is 1.35 bits per heavy atom. The molecule has 4 nitrogen and oxygen atoms in total. The summed E-state index contributed by atoms with van der Waals surface area (Å²) in [6, 6.07) is 8.15. The maximum Gasteiger partial charge on any atom is 0.196 e. The van der Waals surface area contributed by atoms with Crippen molar-refractivity contribution < 1.29 is 14.6 Å². The van der Waals surface area contributed by atoms with Crippen LogP contribution in [-0.2, 0) is 9.47 Å². The number of benzene rings is 1. The van der Waals surface area contributed by atoms with E-state index in [2.05, 4.69) is 12.1 Å². The molecule has 0 spiro atoms. The molecular weight excluding hydrogens is 254 g/mol. The van der Waals surface area contributed by atoms with Gasteiger partial charge in [-0.05, 0) is 19.9 Å². The Hall–Kier alpha value is -1.52. The van der Waals surface area contributed by atoms with Gasteiger partial charge in [-0.3, -0.25) is 0 Å². The highest BCUT2D eigenvalue weighted by Crippen LogP contribution is 2.47. The number of fused-ring (bicyclic) bond motifs is 1. The lowest BCUT2D eigenvalue weighted by molar-refractivity contribution is -0.0919. The molecule has 1 N–H and O–H groups in total. The number of nitrogens with zero attached hydrogens (tertiary/aromatic N) is 1. The molecule has 2 aliphatic rings. The van der Waals surface area contributed by atoms with Gasteiger partial charge in [-0.1, -0.05) is 18.2 Å². The first-order valence-corrected chi connectivity index (χ1v) is 6.91. The van der Waals surface area contributed by atoms with Crippen molar-refractivity contribution in [1.82, 2.24) is 0 Å². The number of anilines is 1. The molecule has 1 aromatic rings. The Morgan fingerprint density at radius 2 is 2.05 bits per heavy atom. The van der Waals surface area contributed by atoms with E-state index in [4.69, 9.17) is 9.47 Å². The van der Waals surface area contributed by atoms with Crippen LogP contribution in [0.3, 0.4) is 0 Å². The first kappa shape index (κ1) is 13.5. The van der Waals surface area contributed by atoms with Crippen LogP contribution in [0.1, 0.15) is 31.9 Å². The van der Waals surface area contributed by atoms with Crippen molar-refractivity contribution in [3.05, 3.63) is 41.3 Å². The van der Waals surface area contributed by atoms with Gasteiger partial charge in [0.1, 0.15) is 11.7 Å². The molecule has 1 aromatic carbocycles. The molecule has 0 bridgehead atoms. The fourth-order valence-electron chi connectivity index (χ4n) is 3.01. The molecule has 2 atom stereocenters. The highest BCUT2D eigenvalue weighted by Gasteiger charge is 2.43. The molecule has 108 valence electrons. The van der Waals surface area contributed by atoms with Crippen LogP contribution in [0.2, 0.25) is 0 Å². The van der Waals surface area contributed by atoms with Crippen LogP contribution in [0.4, 0.5) is 5.69 Å². The van der Waals surface area contributed by atoms with Gasteiger partial charge in [-0.15, -0.1) is 0 Å². The number of para-hydroxylation sites is 1. The zero-order valence-electron chi connectivity index (χ0n) is 12.4. The van der Waals surface area contributed by atoms with Crippen molar-refractivity contribution in [2.24, 2.45) is 0 Å². The number of aliphatic hydroxyl groups excluding tert-OH is 1. The van der Waals surface area contributed by atoms with Crippen LogP contribution < -0.4 is 4.90 Å². The minimum Gasteiger partial charge on any atom is -0.470 e. The molecule has 4 heteroatoms. The Labute approximate surface area is 119 Å². The molecule has 0 unspecified atom stereocenters. The SMILES string of the molecule is CO[C@@H]1C2=C(OC(C)(C)[C@H](O)C2)N(C)c2ccccc21. The monoisotopic (exact) mass is 275 g/mol. The lowest BCUT2D eigenvalue weighted by Crippen LogP contribution is -2.47. The van der Waals surface area contributed by atoms with Crippen molar-refractivity contribution in [1.29, 1.82) is 0 Å². The van der Waals surface area contributed by atoms with E-state index >= 15 is 0 Å². The standard InChI is InChI=1S/C16H21NO3/c1-16(2)13(18)9-11-14(19-4)10-7-5-6-8-12(10)17(3)15(11)20-16/h5-8,13-14,18H,9H2,1-4H3/t13-,14+/m1/s1. The van der Waals surface area contributed by atoms with Gasteiger partial charge < -0.3 is 19.5 Å². The average Bonchev–Trinajstić information content (AvgIpc) is 2.42. The quantitative estimate of drug-likeness (QED) is 0.855. The summed E-state index contributed by atoms with van der Waals surface area (Å²) in [6.07, 6.45) is -0.111. The molecule has 0 saturated heterocycles. The maximum absolute atomic E-state index is 10.3. The van der Waals surface area contributed by atoms with Gasteiger partial charge in [0, 0.05) is 37.4 Å². The third-order valence-electron chi connectivity index (χ3n) is 4.29. The summed E-state index contributed by atoms with van der Waals surface area (Å²) in [4.78, 5) is 2.05. The third-order valence-corrected chi connectivity index (χ3v) is 4.29. The van der Waals surface area contributed by atoms with E-state index in [0.717, 1.165) is 22.7 Å². The fraction of sp³-hybridized carbons (Fsp3) is 0.500. The maximum atomic E-state index is 10.3. The van der Waals surface area contributed by atoms with E-state index < -0.39 is 11.7 Å². The minimum absolute atomic E-state index is 0.150. The zero-order chi connectivity index (χ0) is 14.5. The van der Waals surface area contributed by atoms with Crippen LogP contribution in [0.25, 0.3) is 0 Å². The van der Waals surface area contributed by atoms with Crippen molar-refractivity contribution in [3.8, 4) is 0 Å². The number of ether oxygens (including phenoxy) is 2. The van der Waals surface area contributed by atoms with Gasteiger partial charge >= 0.3 is 0 Å². The number of methoxy groups -OCH3 is 1. The second kappa shape index (κ2) is 4.50. The molecule has 2 heterocycles. The average molecular weight is 275 g/mol. The van der Waals surface area contributed by atoms with E-state index in [9.17, 15) is 5.11 Å². The summed E-state index contributed by atoms with van der Waals surface area (Å²) in [5.74, 6) is 0.811. The van der Waals surface area contributed by atoms with E-state index in [1.165, 1.54) is 0 Å². The predicted molar refractivity (Wildman–Crippen MR) is 77.4 cm³/mol. The van der Waals surface area contributed by atoms with Gasteiger partial charge in [0.05, 0.1) is 6.10 Å². The molecule has 20 heavy (non-hydrogen) atoms. The van der Waals surface area contributed by atoms with Gasteiger partial charge in [0.25, 0.3) is 0 Å². The van der Waals surface area contributed by atoms with E-state index in [-0.39, 0.29) is 6.10 Å². The molecule has 0 fully saturated rings. The van der Waals surface area contributed by atoms with Crippen LogP contribution in [0.15, 0.2) is 35.7 Å². The lowest BCUT2D eigenvalue weighted by atomic mass is 9.85. The van der Waals surface area contributed by atoms with Crippen LogP contribution in [0.5, 0.6) is 0 Å². The van der Waals surface area contributed by atoms with Crippen molar-refractivity contribution >= 4 is 5.69 Å². The highest BCUT2D eigenvalue weighted by molar-refractivity contribution is 5.63. The summed E-state index contributed by atoms with van der Waals surface area (Å²) in [6.45, 7) is 3.83. The Morgan fingerprint density at radius 3 is 2.75 bits per heavy atom. The Balaban J connectivity index is 2.13. The van der Waals surface area contributed by atoms with E-state index in [1.54, 1.807) is 7.11 Å². The fourth-order valence-corrected chi connectivity index (χ4v) is 3.01. The lowest BCUT2D eigenvalue weighted by Gasteiger charge is -2.45. The molecule has 3 rings (SSSR count). The van der Waals surface area contributed by atoms with E-state index in [1.807, 2.05) is 37.9 Å². The van der Waals surface area contributed by atoms with Gasteiger partial charge in [0.15, 0.2) is 5.88 Å². The summed E-state index contributed by atoms with van der Waals surface area (Å²) in [5, 5.41) is 10.3. The second-order valence-corrected chi connectivity index (χ2v) is 5.99. The van der Waals surface area contributed by atoms with Crippen LogP contribution in [-0.4, -0.2) is 31.0 Å². The first-order chi connectivity index (χ1) is 9.45. The Bertz CT molecular complexity index is 565. The van der Waals surface area contributed by atoms with E-state index in [0.29, 0.717) is 6.42 Å². The Kier molecular flexibility index (Phi) is 3.03. The summed E-state index contributed by atoms with van der Waals surface area (Å²) in [5.41, 5.74) is 2.63. The minimum atomic E-state index is -0.586. The first-order valence-electron chi connectivity index (χ1n) is 6.91. The van der Waals surface area contributed by atoms with Crippen molar-refractivity contribution in [2.45, 2.75) is 38.1 Å². The van der Waals surface area contributed by atoms with Gasteiger partial charge in [-0.25, -0.2) is 0 Å². The molecule has 0 aliphatic carbocycles. The normalized spacial score (nSPS) is 27.8. The smallest absolute Gasteiger partial charge is 0.196 e. The molecular formula is C16H21NO3. The molecule has 0 aromatic heterocycles. The topological polar surface area (TPSA) is 41.9 Å². The largest absolute Gasteiger partial charge is 0.470 e. The number of hydrogen-bond acceptors (Lipinski definition) is 4. The number of hydrogen-bond donors (Lipinski definition) is 1. The predicted octanol–water partition coefficient (Wildman–Crippen LogP) is 2.60. The van der Waals surface area contributed by atoms with Crippen molar-refractivity contribution in [3.63, 3.8) is 0 Å². The summed E-state index contributed by atoms with van der Waals surface area (Å²) >= 11 is 0. The van der Waals surface area contributed by atoms with Crippen LogP contribution >= 0.6 is 0 Å². The highest BCUT2D eigenvalue weighted by atomic mass is 16.5. The summed E-state index contributed by atoms with van der Waals surface area (Å²) < 4.78 is 11.7. The second-order valence-electron chi connectivity index (χ2n) is 5.99. The summed E-state index contributed by atoms with van der Waals surface area (Å²) in [7, 11) is 3.69. The number of rotatable bonds is 1. The van der Waals surface area contributed by atoms with Gasteiger partial charge in [0.2, 0.25) is 0 Å². The molecule has 0 radical (unpaired) electrons. The molecule has 2 aliphatic heterocycles.